The van der Waals surface area contributed by atoms with Gasteiger partial charge in [0, 0.05) is 9.92 Å². The number of hydrogen-bond acceptors (Lipinski definition) is 2. The third kappa shape index (κ3) is 5.18. The van der Waals surface area contributed by atoms with Gasteiger partial charge in [-0.2, -0.15) is 0 Å². The molecule has 0 saturated carbocycles. The van der Waals surface area contributed by atoms with Crippen LogP contribution in [0.15, 0.2) is 77.2 Å². The molecule has 0 atom stereocenters. The number of allylic oxidation sites excluding steroid dienone is 6. The van der Waals surface area contributed by atoms with E-state index in [4.69, 9.17) is 11.6 Å². The zero-order chi connectivity index (χ0) is 21.7. The molecule has 0 unspecified atom stereocenters. The number of fused-ring (bicyclic) bond motifs is 1. The van der Waals surface area contributed by atoms with Gasteiger partial charge in [-0.25, -0.2) is 0 Å². The maximum absolute atomic E-state index is 6.56. The topological polar surface area (TPSA) is 3.24 Å². The van der Waals surface area contributed by atoms with E-state index >= 15 is 0 Å². The highest BCUT2D eigenvalue weighted by Crippen LogP contribution is 2.40. The minimum Gasteiger partial charge on any atom is -0.253 e. The lowest BCUT2D eigenvalue weighted by atomic mass is 9.90. The fourth-order valence-corrected chi connectivity index (χ4v) is 4.86. The molecule has 0 spiro atoms. The highest BCUT2D eigenvalue weighted by atomic mass is 35.5. The SMILES string of the molecule is C=CC1=C(C/C=C\C)/C(=C\c2cc(Cl)c(C)cc2SN(C)C)c2ccccc2CC1. The van der Waals surface area contributed by atoms with E-state index in [1.807, 2.05) is 6.08 Å². The van der Waals surface area contributed by atoms with Crippen LogP contribution < -0.4 is 0 Å². The van der Waals surface area contributed by atoms with E-state index in [-0.39, 0.29) is 0 Å². The Morgan fingerprint density at radius 3 is 2.63 bits per heavy atom. The van der Waals surface area contributed by atoms with Crippen molar-refractivity contribution >= 4 is 35.2 Å². The van der Waals surface area contributed by atoms with Crippen molar-refractivity contribution in [3.63, 3.8) is 0 Å². The highest BCUT2D eigenvalue weighted by Gasteiger charge is 2.19. The van der Waals surface area contributed by atoms with Crippen molar-refractivity contribution in [1.29, 1.82) is 0 Å². The van der Waals surface area contributed by atoms with Crippen LogP contribution in [0.2, 0.25) is 5.02 Å². The number of benzene rings is 2. The molecule has 2 aromatic rings. The first-order chi connectivity index (χ1) is 14.4. The molecule has 1 nitrogen and oxygen atoms in total. The average Bonchev–Trinajstić information content (AvgIpc) is 2.86. The first-order valence-electron chi connectivity index (χ1n) is 10.4. The summed E-state index contributed by atoms with van der Waals surface area (Å²) < 4.78 is 2.12. The van der Waals surface area contributed by atoms with Crippen molar-refractivity contribution < 1.29 is 0 Å². The van der Waals surface area contributed by atoms with E-state index in [0.717, 1.165) is 35.4 Å². The minimum absolute atomic E-state index is 0.801. The molecule has 1 aliphatic rings. The maximum Gasteiger partial charge on any atom is 0.0441 e. The number of nitrogens with zero attached hydrogens (tertiary/aromatic N) is 1. The predicted molar refractivity (Wildman–Crippen MR) is 135 cm³/mol. The van der Waals surface area contributed by atoms with E-state index in [1.54, 1.807) is 11.9 Å². The van der Waals surface area contributed by atoms with Crippen LogP contribution in [0, 0.1) is 6.92 Å². The second-order valence-corrected chi connectivity index (χ2v) is 9.50. The van der Waals surface area contributed by atoms with Gasteiger partial charge in [0.25, 0.3) is 0 Å². The summed E-state index contributed by atoms with van der Waals surface area (Å²) in [6.45, 7) is 8.27. The lowest BCUT2D eigenvalue weighted by Gasteiger charge is -2.17. The molecular formula is C27H30ClNS. The summed E-state index contributed by atoms with van der Waals surface area (Å²) in [6, 6.07) is 13.1. The Bertz CT molecular complexity index is 1030. The first-order valence-corrected chi connectivity index (χ1v) is 11.5. The van der Waals surface area contributed by atoms with Gasteiger partial charge in [0.2, 0.25) is 0 Å². The van der Waals surface area contributed by atoms with Crippen LogP contribution in [-0.4, -0.2) is 18.4 Å². The Balaban J connectivity index is 2.29. The molecule has 0 bridgehead atoms. The summed E-state index contributed by atoms with van der Waals surface area (Å²) in [5.41, 5.74) is 8.90. The fourth-order valence-electron chi connectivity index (χ4n) is 3.84. The van der Waals surface area contributed by atoms with E-state index < -0.39 is 0 Å². The molecule has 3 heteroatoms. The van der Waals surface area contributed by atoms with E-state index in [0.29, 0.717) is 0 Å². The lowest BCUT2D eigenvalue weighted by Crippen LogP contribution is -2.01. The van der Waals surface area contributed by atoms with Crippen molar-refractivity contribution in [2.75, 3.05) is 14.1 Å². The van der Waals surface area contributed by atoms with Crippen LogP contribution in [0.1, 0.15) is 42.0 Å². The van der Waals surface area contributed by atoms with Crippen molar-refractivity contribution in [3.8, 4) is 0 Å². The molecule has 0 fully saturated rings. The van der Waals surface area contributed by atoms with Gasteiger partial charge < -0.3 is 0 Å². The molecule has 0 saturated heterocycles. The number of rotatable bonds is 6. The second-order valence-electron chi connectivity index (χ2n) is 7.74. The molecule has 3 rings (SSSR count). The summed E-state index contributed by atoms with van der Waals surface area (Å²) in [5.74, 6) is 0. The van der Waals surface area contributed by atoms with Crippen LogP contribution in [0.3, 0.4) is 0 Å². The van der Waals surface area contributed by atoms with E-state index in [2.05, 4.69) is 93.5 Å². The molecule has 0 radical (unpaired) electrons. The van der Waals surface area contributed by atoms with Crippen LogP contribution in [-0.2, 0) is 6.42 Å². The molecule has 0 heterocycles. The fraction of sp³-hybridized carbons (Fsp3) is 0.259. The van der Waals surface area contributed by atoms with Gasteiger partial charge in [-0.3, -0.25) is 4.31 Å². The lowest BCUT2D eigenvalue weighted by molar-refractivity contribution is 0.702. The van der Waals surface area contributed by atoms with Crippen molar-refractivity contribution in [2.24, 2.45) is 0 Å². The van der Waals surface area contributed by atoms with Crippen molar-refractivity contribution in [2.45, 2.75) is 38.0 Å². The molecule has 1 aliphatic carbocycles. The van der Waals surface area contributed by atoms with Crippen LogP contribution >= 0.6 is 23.5 Å². The molecular weight excluding hydrogens is 406 g/mol. The van der Waals surface area contributed by atoms with Gasteiger partial charge in [-0.1, -0.05) is 60.7 Å². The zero-order valence-electron chi connectivity index (χ0n) is 18.3. The minimum atomic E-state index is 0.801. The quantitative estimate of drug-likeness (QED) is 0.332. The third-order valence-corrected chi connectivity index (χ3v) is 6.68. The van der Waals surface area contributed by atoms with Crippen LogP contribution in [0.4, 0.5) is 0 Å². The molecule has 0 aliphatic heterocycles. The summed E-state index contributed by atoms with van der Waals surface area (Å²) >= 11 is 8.29. The van der Waals surface area contributed by atoms with E-state index in [9.17, 15) is 0 Å². The normalized spacial score (nSPS) is 15.7. The largest absolute Gasteiger partial charge is 0.253 e. The van der Waals surface area contributed by atoms with Crippen molar-refractivity contribution in [3.05, 3.63) is 99.6 Å². The van der Waals surface area contributed by atoms with Gasteiger partial charge in [0.05, 0.1) is 0 Å². The maximum atomic E-state index is 6.56. The monoisotopic (exact) mass is 435 g/mol. The first kappa shape index (κ1) is 22.7. The van der Waals surface area contributed by atoms with Crippen molar-refractivity contribution in [1.82, 2.24) is 4.31 Å². The predicted octanol–water partition coefficient (Wildman–Crippen LogP) is 8.15. The van der Waals surface area contributed by atoms with E-state index in [1.165, 1.54) is 32.7 Å². The number of halogens is 1. The highest BCUT2D eigenvalue weighted by molar-refractivity contribution is 7.97. The Labute approximate surface area is 191 Å². The molecule has 2 aromatic carbocycles. The molecule has 156 valence electrons. The van der Waals surface area contributed by atoms with Gasteiger partial charge in [-0.15, -0.1) is 0 Å². The second kappa shape index (κ2) is 10.3. The van der Waals surface area contributed by atoms with Gasteiger partial charge in [0.15, 0.2) is 0 Å². The van der Waals surface area contributed by atoms with Gasteiger partial charge in [0.1, 0.15) is 0 Å². The Morgan fingerprint density at radius 1 is 1.17 bits per heavy atom. The molecule has 0 N–H and O–H groups in total. The average molecular weight is 436 g/mol. The summed E-state index contributed by atoms with van der Waals surface area (Å²) in [4.78, 5) is 1.21. The van der Waals surface area contributed by atoms with Gasteiger partial charge in [-0.05, 0) is 116 Å². The molecule has 30 heavy (non-hydrogen) atoms. The smallest absolute Gasteiger partial charge is 0.0441 e. The Kier molecular flexibility index (Phi) is 7.82. The zero-order valence-corrected chi connectivity index (χ0v) is 19.9. The van der Waals surface area contributed by atoms with Gasteiger partial charge >= 0.3 is 0 Å². The third-order valence-electron chi connectivity index (χ3n) is 5.36. The summed E-state index contributed by atoms with van der Waals surface area (Å²) in [6.07, 6.45) is 11.7. The number of hydrogen-bond donors (Lipinski definition) is 0. The summed E-state index contributed by atoms with van der Waals surface area (Å²) in [7, 11) is 4.14. The Hall–Kier alpha value is -2.00. The summed E-state index contributed by atoms with van der Waals surface area (Å²) in [5, 5.41) is 0.801. The standard InChI is InChI=1S/C27H30ClNS/c1-6-8-12-23-20(7-2)14-15-21-11-9-10-13-24(21)25(23)17-22-18-26(28)19(3)16-27(22)30-29(4)5/h6-11,13,16-18H,2,12,14-15H2,1,3-5H3/b8-6-,25-17+. The molecule has 0 amide bonds. The molecule has 0 aromatic heterocycles. The van der Waals surface area contributed by atoms with Crippen LogP contribution in [0.5, 0.6) is 0 Å². The van der Waals surface area contributed by atoms with Crippen LogP contribution in [0.25, 0.3) is 11.6 Å². The Morgan fingerprint density at radius 2 is 1.93 bits per heavy atom. The number of aryl methyl sites for hydroxylation is 2.